The molecule has 1 amide bonds. The van der Waals surface area contributed by atoms with Gasteiger partial charge in [0.25, 0.3) is 5.91 Å². The molecule has 21 heavy (non-hydrogen) atoms. The van der Waals surface area contributed by atoms with Crippen LogP contribution in [0.25, 0.3) is 0 Å². The second kappa shape index (κ2) is 6.53. The Hall–Kier alpha value is -2.16. The van der Waals surface area contributed by atoms with Crippen molar-refractivity contribution in [1.82, 2.24) is 4.98 Å². The summed E-state index contributed by atoms with van der Waals surface area (Å²) in [5, 5.41) is 12.5. The highest BCUT2D eigenvalue weighted by Crippen LogP contribution is 2.20. The number of nitrogens with zero attached hydrogens (tertiary/aromatic N) is 1. The number of benzene rings is 1. The van der Waals surface area contributed by atoms with Gasteiger partial charge in [0.2, 0.25) is 0 Å². The van der Waals surface area contributed by atoms with E-state index in [4.69, 9.17) is 5.11 Å². The summed E-state index contributed by atoms with van der Waals surface area (Å²) >= 11 is 1.38. The number of aliphatic hydroxyl groups is 1. The molecule has 0 unspecified atom stereocenters. The minimum atomic E-state index is -0.186. The third-order valence-corrected chi connectivity index (χ3v) is 3.83. The smallest absolute Gasteiger partial charge is 0.267 e. The van der Waals surface area contributed by atoms with Crippen LogP contribution < -0.4 is 5.32 Å². The van der Waals surface area contributed by atoms with Crippen molar-refractivity contribution in [2.75, 3.05) is 11.9 Å². The fraction of sp³-hybridized carbons (Fsp3) is 0.250. The van der Waals surface area contributed by atoms with Crippen molar-refractivity contribution >= 4 is 22.9 Å². The standard InChI is InChI=1S/C16H16N2O2S/c1-10-7-13(5-4-6-19)9-14(8-10)18-16(20)15-11(2)17-12(3)21-15/h7-9,19H,6H2,1-3H3,(H,18,20). The van der Waals surface area contributed by atoms with Crippen molar-refractivity contribution in [2.24, 2.45) is 0 Å². The first kappa shape index (κ1) is 15.2. The molecule has 0 saturated heterocycles. The SMILES string of the molecule is Cc1cc(C#CCO)cc(NC(=O)c2sc(C)nc2C)c1. The molecule has 1 heterocycles. The summed E-state index contributed by atoms with van der Waals surface area (Å²) < 4.78 is 0. The summed E-state index contributed by atoms with van der Waals surface area (Å²) in [6.45, 7) is 5.45. The van der Waals surface area contributed by atoms with Crippen molar-refractivity contribution < 1.29 is 9.90 Å². The van der Waals surface area contributed by atoms with E-state index in [-0.39, 0.29) is 12.5 Å². The first-order valence-electron chi connectivity index (χ1n) is 6.46. The molecule has 0 aliphatic rings. The number of carbonyl (C=O) groups is 1. The van der Waals surface area contributed by atoms with Gasteiger partial charge in [0.05, 0.1) is 10.7 Å². The summed E-state index contributed by atoms with van der Waals surface area (Å²) in [7, 11) is 0. The van der Waals surface area contributed by atoms with Gasteiger partial charge in [-0.05, 0) is 44.5 Å². The monoisotopic (exact) mass is 300 g/mol. The van der Waals surface area contributed by atoms with Crippen molar-refractivity contribution in [3.8, 4) is 11.8 Å². The lowest BCUT2D eigenvalue weighted by Gasteiger charge is -2.06. The highest BCUT2D eigenvalue weighted by Gasteiger charge is 2.14. The molecule has 1 aromatic carbocycles. The molecule has 0 fully saturated rings. The number of aromatic nitrogens is 1. The Morgan fingerprint density at radius 2 is 2.10 bits per heavy atom. The molecule has 0 aliphatic carbocycles. The quantitative estimate of drug-likeness (QED) is 0.838. The van der Waals surface area contributed by atoms with Crippen LogP contribution in [0.15, 0.2) is 18.2 Å². The number of aliphatic hydroxyl groups excluding tert-OH is 1. The maximum absolute atomic E-state index is 12.3. The third kappa shape index (κ3) is 3.91. The predicted molar refractivity (Wildman–Crippen MR) is 84.7 cm³/mol. The molecule has 2 aromatic rings. The van der Waals surface area contributed by atoms with Crippen molar-refractivity contribution in [2.45, 2.75) is 20.8 Å². The van der Waals surface area contributed by atoms with Crippen LogP contribution in [-0.2, 0) is 0 Å². The summed E-state index contributed by atoms with van der Waals surface area (Å²) in [5.74, 6) is 5.28. The van der Waals surface area contributed by atoms with Gasteiger partial charge in [-0.1, -0.05) is 11.8 Å². The van der Waals surface area contributed by atoms with E-state index in [2.05, 4.69) is 22.1 Å². The first-order valence-corrected chi connectivity index (χ1v) is 7.28. The Kier molecular flexibility index (Phi) is 4.73. The highest BCUT2D eigenvalue weighted by molar-refractivity contribution is 7.13. The number of hydrogen-bond donors (Lipinski definition) is 2. The number of aryl methyl sites for hydroxylation is 3. The molecule has 2 N–H and O–H groups in total. The predicted octanol–water partition coefficient (Wildman–Crippen LogP) is 2.66. The summed E-state index contributed by atoms with van der Waals surface area (Å²) in [6, 6.07) is 5.57. The molecule has 2 rings (SSSR count). The van der Waals surface area contributed by atoms with Gasteiger partial charge in [0.1, 0.15) is 11.5 Å². The van der Waals surface area contributed by atoms with Gasteiger partial charge in [-0.15, -0.1) is 11.3 Å². The molecule has 0 spiro atoms. The van der Waals surface area contributed by atoms with E-state index in [1.165, 1.54) is 11.3 Å². The Morgan fingerprint density at radius 3 is 2.71 bits per heavy atom. The summed E-state index contributed by atoms with van der Waals surface area (Å²) in [5.41, 5.74) is 3.18. The van der Waals surface area contributed by atoms with Crippen LogP contribution in [0.3, 0.4) is 0 Å². The van der Waals surface area contributed by atoms with E-state index in [0.717, 1.165) is 21.8 Å². The minimum absolute atomic E-state index is 0.162. The second-order valence-electron chi connectivity index (χ2n) is 4.65. The topological polar surface area (TPSA) is 62.2 Å². The van der Waals surface area contributed by atoms with E-state index < -0.39 is 0 Å². The van der Waals surface area contributed by atoms with Gasteiger partial charge in [-0.25, -0.2) is 4.98 Å². The highest BCUT2D eigenvalue weighted by atomic mass is 32.1. The van der Waals surface area contributed by atoms with E-state index >= 15 is 0 Å². The van der Waals surface area contributed by atoms with Crippen molar-refractivity contribution in [3.63, 3.8) is 0 Å². The molecule has 0 aliphatic heterocycles. The van der Waals surface area contributed by atoms with Gasteiger partial charge >= 0.3 is 0 Å². The molecule has 0 radical (unpaired) electrons. The number of rotatable bonds is 2. The average molecular weight is 300 g/mol. The molecule has 108 valence electrons. The van der Waals surface area contributed by atoms with E-state index in [1.54, 1.807) is 6.07 Å². The van der Waals surface area contributed by atoms with Gasteiger partial charge in [-0.2, -0.15) is 0 Å². The van der Waals surface area contributed by atoms with Crippen LogP contribution >= 0.6 is 11.3 Å². The van der Waals surface area contributed by atoms with Crippen LogP contribution in [0.1, 0.15) is 31.5 Å². The fourth-order valence-electron chi connectivity index (χ4n) is 2.00. The van der Waals surface area contributed by atoms with Crippen molar-refractivity contribution in [3.05, 3.63) is 44.9 Å². The molecular weight excluding hydrogens is 284 g/mol. The van der Waals surface area contributed by atoms with Crippen LogP contribution in [0.5, 0.6) is 0 Å². The third-order valence-electron chi connectivity index (χ3n) is 2.76. The molecule has 5 heteroatoms. The lowest BCUT2D eigenvalue weighted by Crippen LogP contribution is -2.11. The van der Waals surface area contributed by atoms with Gasteiger partial charge in [-0.3, -0.25) is 4.79 Å². The molecule has 0 atom stereocenters. The van der Waals surface area contributed by atoms with Gasteiger partial charge in [0, 0.05) is 11.3 Å². The van der Waals surface area contributed by atoms with Crippen LogP contribution in [-0.4, -0.2) is 22.6 Å². The van der Waals surface area contributed by atoms with E-state index in [0.29, 0.717) is 10.6 Å². The van der Waals surface area contributed by atoms with Crippen LogP contribution in [0.2, 0.25) is 0 Å². The number of hydrogen-bond acceptors (Lipinski definition) is 4. The molecule has 1 aromatic heterocycles. The Labute approximate surface area is 127 Å². The average Bonchev–Trinajstić information content (AvgIpc) is 2.75. The minimum Gasteiger partial charge on any atom is -0.384 e. The maximum Gasteiger partial charge on any atom is 0.267 e. The zero-order valence-corrected chi connectivity index (χ0v) is 13.0. The maximum atomic E-state index is 12.3. The number of nitrogens with one attached hydrogen (secondary N) is 1. The number of thiazole rings is 1. The van der Waals surface area contributed by atoms with Gasteiger partial charge in [0.15, 0.2) is 0 Å². The lowest BCUT2D eigenvalue weighted by atomic mass is 10.1. The fourth-order valence-corrected chi connectivity index (χ4v) is 2.81. The van der Waals surface area contributed by atoms with Crippen LogP contribution in [0, 0.1) is 32.6 Å². The van der Waals surface area contributed by atoms with Gasteiger partial charge < -0.3 is 10.4 Å². The Bertz CT molecular complexity index is 738. The largest absolute Gasteiger partial charge is 0.384 e. The van der Waals surface area contributed by atoms with E-state index in [9.17, 15) is 4.79 Å². The van der Waals surface area contributed by atoms with Crippen molar-refractivity contribution in [1.29, 1.82) is 0 Å². The molecule has 0 bridgehead atoms. The summed E-state index contributed by atoms with van der Waals surface area (Å²) in [6.07, 6.45) is 0. The van der Waals surface area contributed by atoms with E-state index in [1.807, 2.05) is 32.9 Å². The normalized spacial score (nSPS) is 9.90. The molecular formula is C16H16N2O2S. The molecule has 0 saturated carbocycles. The Morgan fingerprint density at radius 1 is 1.33 bits per heavy atom. The Balaban J connectivity index is 2.25. The number of carbonyl (C=O) groups excluding carboxylic acids is 1. The number of amides is 1. The second-order valence-corrected chi connectivity index (χ2v) is 5.85. The zero-order chi connectivity index (χ0) is 15.4. The lowest BCUT2D eigenvalue weighted by molar-refractivity contribution is 0.103. The molecule has 4 nitrogen and oxygen atoms in total. The first-order chi connectivity index (χ1) is 9.99. The summed E-state index contributed by atoms with van der Waals surface area (Å²) in [4.78, 5) is 17.1. The number of anilines is 1. The zero-order valence-electron chi connectivity index (χ0n) is 12.2. The van der Waals surface area contributed by atoms with Crippen LogP contribution in [0.4, 0.5) is 5.69 Å².